The number of amides is 1. The number of thioether (sulfide) groups is 1. The third-order valence-corrected chi connectivity index (χ3v) is 9.82. The number of nitrogens with one attached hydrogen (secondary N) is 2. The molecule has 0 saturated heterocycles. The molecule has 0 unspecified atom stereocenters. The Balaban J connectivity index is 1.12. The van der Waals surface area contributed by atoms with Crippen LogP contribution in [-0.4, -0.2) is 85.8 Å². The van der Waals surface area contributed by atoms with Crippen LogP contribution in [0.5, 0.6) is 5.75 Å². The molecular formula is C34H42ClN3O7S. The number of aliphatic hydroxyl groups is 5. The van der Waals surface area contributed by atoms with Crippen molar-refractivity contribution >= 4 is 29.3 Å². The second kappa shape index (κ2) is 15.9. The second-order valence-electron chi connectivity index (χ2n) is 12.0. The molecule has 2 aromatic carbocycles. The first-order valence-corrected chi connectivity index (χ1v) is 17.0. The van der Waals surface area contributed by atoms with Gasteiger partial charge in [0, 0.05) is 52.9 Å². The molecule has 46 heavy (non-hydrogen) atoms. The molecule has 1 aromatic heterocycles. The molecule has 2 fully saturated rings. The normalized spacial score (nSPS) is 18.0. The third kappa shape index (κ3) is 8.99. The minimum atomic E-state index is -1.73. The average Bonchev–Trinajstić information content (AvgIpc) is 4.02. The van der Waals surface area contributed by atoms with Crippen LogP contribution < -0.4 is 15.4 Å². The number of aliphatic hydroxyl groups excluding tert-OH is 5. The summed E-state index contributed by atoms with van der Waals surface area (Å²) in [7, 11) is 0. The summed E-state index contributed by atoms with van der Waals surface area (Å²) in [6.07, 6.45) is 2.54. The highest BCUT2D eigenvalue weighted by Crippen LogP contribution is 2.50. The predicted molar refractivity (Wildman–Crippen MR) is 177 cm³/mol. The van der Waals surface area contributed by atoms with Gasteiger partial charge in [0.1, 0.15) is 24.1 Å². The lowest BCUT2D eigenvalue weighted by atomic mass is 9.94. The minimum Gasteiger partial charge on any atom is -0.490 e. The Morgan fingerprint density at radius 3 is 2.54 bits per heavy atom. The van der Waals surface area contributed by atoms with E-state index in [1.165, 1.54) is 0 Å². The molecule has 10 nitrogen and oxygen atoms in total. The fourth-order valence-electron chi connectivity index (χ4n) is 5.29. The first-order chi connectivity index (χ1) is 22.2. The topological polar surface area (TPSA) is 164 Å². The monoisotopic (exact) mass is 671 g/mol. The summed E-state index contributed by atoms with van der Waals surface area (Å²) < 4.78 is 6.23. The molecule has 3 aromatic rings. The number of rotatable bonds is 18. The van der Waals surface area contributed by atoms with Gasteiger partial charge in [0.15, 0.2) is 0 Å². The Labute approximate surface area is 278 Å². The quantitative estimate of drug-likeness (QED) is 0.0790. The van der Waals surface area contributed by atoms with E-state index in [-0.39, 0.29) is 24.4 Å². The third-order valence-electron chi connectivity index (χ3n) is 8.37. The largest absolute Gasteiger partial charge is 0.490 e. The first kappa shape index (κ1) is 34.6. The van der Waals surface area contributed by atoms with Crippen molar-refractivity contribution in [3.05, 3.63) is 77.1 Å². The maximum atomic E-state index is 12.2. The van der Waals surface area contributed by atoms with Crippen molar-refractivity contribution in [2.45, 2.75) is 86.0 Å². The fraction of sp³-hybridized carbons (Fsp3) is 0.471. The molecule has 5 rings (SSSR count). The summed E-state index contributed by atoms with van der Waals surface area (Å²) in [5.41, 5.74) is 4.15. The lowest BCUT2D eigenvalue weighted by Gasteiger charge is -2.25. The lowest BCUT2D eigenvalue weighted by Crippen LogP contribution is -2.49. The number of ether oxygens (including phenoxy) is 1. The van der Waals surface area contributed by atoms with E-state index in [1.54, 1.807) is 11.8 Å². The molecule has 2 aliphatic rings. The molecular weight excluding hydrogens is 630 g/mol. The van der Waals surface area contributed by atoms with E-state index < -0.39 is 31.0 Å². The van der Waals surface area contributed by atoms with Crippen molar-refractivity contribution in [2.75, 3.05) is 18.9 Å². The maximum Gasteiger partial charge on any atom is 0.220 e. The van der Waals surface area contributed by atoms with Crippen molar-refractivity contribution in [3.63, 3.8) is 0 Å². The number of para-hydroxylation sites is 1. The molecule has 248 valence electrons. The van der Waals surface area contributed by atoms with E-state index in [1.807, 2.05) is 42.7 Å². The zero-order valence-corrected chi connectivity index (χ0v) is 27.1. The minimum absolute atomic E-state index is 0.198. The van der Waals surface area contributed by atoms with Crippen LogP contribution in [0.4, 0.5) is 0 Å². The van der Waals surface area contributed by atoms with Gasteiger partial charge in [-0.2, -0.15) is 0 Å². The maximum absolute atomic E-state index is 12.2. The molecule has 0 bridgehead atoms. The molecule has 2 aliphatic carbocycles. The Morgan fingerprint density at radius 1 is 1.04 bits per heavy atom. The summed E-state index contributed by atoms with van der Waals surface area (Å²) in [6, 6.07) is 16.2. The van der Waals surface area contributed by atoms with Gasteiger partial charge in [0.2, 0.25) is 5.91 Å². The SMILES string of the molecule is O=C(CCCSc1ccc(Cl)c(CNC2(c3cnccc3-c3ccccc3OC3CC3)CC2)c1)NC[C@H](O)[C@@H](O)[C@H](O)[C@H](O)CO. The van der Waals surface area contributed by atoms with Crippen molar-refractivity contribution in [1.29, 1.82) is 0 Å². The molecule has 0 aliphatic heterocycles. The van der Waals surface area contributed by atoms with E-state index in [9.17, 15) is 25.2 Å². The van der Waals surface area contributed by atoms with Crippen molar-refractivity contribution in [3.8, 4) is 16.9 Å². The Hall–Kier alpha value is -2.74. The summed E-state index contributed by atoms with van der Waals surface area (Å²) >= 11 is 8.23. The van der Waals surface area contributed by atoms with Gasteiger partial charge >= 0.3 is 0 Å². The summed E-state index contributed by atoms with van der Waals surface area (Å²) in [5, 5.41) is 54.8. The van der Waals surface area contributed by atoms with Crippen LogP contribution in [-0.2, 0) is 16.9 Å². The number of halogens is 1. The number of aromatic nitrogens is 1. The van der Waals surface area contributed by atoms with Gasteiger partial charge < -0.3 is 40.9 Å². The number of pyridine rings is 1. The first-order valence-electron chi connectivity index (χ1n) is 15.7. The number of carbonyl (C=O) groups excluding carboxylic acids is 1. The van der Waals surface area contributed by atoms with E-state index in [2.05, 4.69) is 33.8 Å². The molecule has 0 spiro atoms. The zero-order valence-electron chi connectivity index (χ0n) is 25.5. The highest BCUT2D eigenvalue weighted by Gasteiger charge is 2.46. The van der Waals surface area contributed by atoms with Gasteiger partial charge in [0.05, 0.1) is 18.8 Å². The van der Waals surface area contributed by atoms with Gasteiger partial charge in [-0.3, -0.25) is 9.78 Å². The predicted octanol–water partition coefficient (Wildman–Crippen LogP) is 3.15. The average molecular weight is 672 g/mol. The van der Waals surface area contributed by atoms with Crippen LogP contribution in [0.15, 0.2) is 65.8 Å². The van der Waals surface area contributed by atoms with Gasteiger partial charge in [0.25, 0.3) is 0 Å². The molecule has 0 radical (unpaired) electrons. The number of benzene rings is 2. The molecule has 2 saturated carbocycles. The Kier molecular flexibility index (Phi) is 12.0. The standard InChI is InChI=1S/C34H42ClN3O7S/c35-27-10-9-23(46-15-3-6-31(42)37-19-28(40)32(43)33(44)29(41)20-39)16-21(27)17-38-34(12-13-34)26-18-36-14-11-24(26)25-4-1-2-5-30(25)45-22-7-8-22/h1-2,4-5,9-11,14,16,18,22,28-29,32-33,38-41,43-44H,3,6-8,12-13,15,17,19-20H2,(H,37,42)/t28-,29+,32+,33+/m0/s1. The Bertz CT molecular complexity index is 1470. The summed E-state index contributed by atoms with van der Waals surface area (Å²) in [4.78, 5) is 17.7. The van der Waals surface area contributed by atoms with Crippen LogP contribution in [0.1, 0.15) is 49.7 Å². The van der Waals surface area contributed by atoms with Crippen LogP contribution in [0, 0.1) is 0 Å². The summed E-state index contributed by atoms with van der Waals surface area (Å²) in [6.45, 7) is -0.472. The van der Waals surface area contributed by atoms with Crippen LogP contribution in [0.2, 0.25) is 5.02 Å². The molecule has 7 N–H and O–H groups in total. The fourth-order valence-corrected chi connectivity index (χ4v) is 6.39. The Morgan fingerprint density at radius 2 is 1.80 bits per heavy atom. The number of carbonyl (C=O) groups is 1. The molecule has 12 heteroatoms. The second-order valence-corrected chi connectivity index (χ2v) is 13.6. The van der Waals surface area contributed by atoms with Crippen LogP contribution in [0.25, 0.3) is 11.1 Å². The smallest absolute Gasteiger partial charge is 0.220 e. The van der Waals surface area contributed by atoms with Gasteiger partial charge in [-0.1, -0.05) is 29.8 Å². The van der Waals surface area contributed by atoms with Crippen molar-refractivity contribution < 1.29 is 35.1 Å². The zero-order chi connectivity index (χ0) is 32.7. The van der Waals surface area contributed by atoms with Crippen molar-refractivity contribution in [2.24, 2.45) is 0 Å². The van der Waals surface area contributed by atoms with E-state index in [0.717, 1.165) is 58.6 Å². The summed E-state index contributed by atoms with van der Waals surface area (Å²) in [5.74, 6) is 1.28. The molecule has 1 heterocycles. The molecule has 4 atom stereocenters. The van der Waals surface area contributed by atoms with Gasteiger partial charge in [-0.05, 0) is 84.9 Å². The number of hydrogen-bond acceptors (Lipinski definition) is 10. The van der Waals surface area contributed by atoms with Crippen LogP contribution in [0.3, 0.4) is 0 Å². The lowest BCUT2D eigenvalue weighted by molar-refractivity contribution is -0.126. The van der Waals surface area contributed by atoms with E-state index in [0.29, 0.717) is 29.8 Å². The molecule has 1 amide bonds. The number of nitrogens with zero attached hydrogens (tertiary/aromatic N) is 1. The van der Waals surface area contributed by atoms with Gasteiger partial charge in [-0.15, -0.1) is 11.8 Å². The highest BCUT2D eigenvalue weighted by atomic mass is 35.5. The van der Waals surface area contributed by atoms with Gasteiger partial charge in [-0.25, -0.2) is 0 Å². The number of hydrogen-bond donors (Lipinski definition) is 7. The van der Waals surface area contributed by atoms with Crippen molar-refractivity contribution in [1.82, 2.24) is 15.6 Å². The van der Waals surface area contributed by atoms with E-state index in [4.69, 9.17) is 21.4 Å². The van der Waals surface area contributed by atoms with Crippen LogP contribution >= 0.6 is 23.4 Å². The highest BCUT2D eigenvalue weighted by molar-refractivity contribution is 7.99. The van der Waals surface area contributed by atoms with E-state index >= 15 is 0 Å².